The van der Waals surface area contributed by atoms with E-state index in [9.17, 15) is 0 Å². The molecule has 0 spiro atoms. The molecule has 0 fully saturated rings. The topological polar surface area (TPSA) is 51.8 Å². The third-order valence-electron chi connectivity index (χ3n) is 7.54. The molecular formula is C37H23N3O. The van der Waals surface area contributed by atoms with Gasteiger partial charge >= 0.3 is 0 Å². The Balaban J connectivity index is 1.45. The quantitative estimate of drug-likeness (QED) is 0.230. The fourth-order valence-corrected chi connectivity index (χ4v) is 5.57. The zero-order chi connectivity index (χ0) is 27.2. The number of hydrogen-bond acceptors (Lipinski definition) is 4. The smallest absolute Gasteiger partial charge is 0.164 e. The SMILES string of the molecule is c1ccc(-c2nc(-c3cc4oc5ccccc5c4cc3-c3ccccc3)nc(-c3cccc4ccccc34)n2)cc1. The van der Waals surface area contributed by atoms with Crippen LogP contribution >= 0.6 is 0 Å². The van der Waals surface area contributed by atoms with Crippen molar-refractivity contribution in [2.24, 2.45) is 0 Å². The molecule has 6 aromatic carbocycles. The van der Waals surface area contributed by atoms with Crippen molar-refractivity contribution in [1.82, 2.24) is 15.0 Å². The van der Waals surface area contributed by atoms with E-state index in [4.69, 9.17) is 19.4 Å². The van der Waals surface area contributed by atoms with Gasteiger partial charge in [-0.1, -0.05) is 121 Å². The average Bonchev–Trinajstić information content (AvgIpc) is 3.42. The molecule has 0 N–H and O–H groups in total. The summed E-state index contributed by atoms with van der Waals surface area (Å²) in [4.78, 5) is 15.2. The minimum Gasteiger partial charge on any atom is -0.456 e. The third-order valence-corrected chi connectivity index (χ3v) is 7.54. The first-order chi connectivity index (χ1) is 20.3. The van der Waals surface area contributed by atoms with Gasteiger partial charge in [0.25, 0.3) is 0 Å². The highest BCUT2D eigenvalue weighted by atomic mass is 16.3. The van der Waals surface area contributed by atoms with Crippen LogP contribution in [0.1, 0.15) is 0 Å². The Hall–Kier alpha value is -5.61. The molecule has 0 amide bonds. The maximum atomic E-state index is 6.32. The van der Waals surface area contributed by atoms with Crippen molar-refractivity contribution in [2.45, 2.75) is 0 Å². The maximum absolute atomic E-state index is 6.32. The lowest BCUT2D eigenvalue weighted by Crippen LogP contribution is -2.01. The van der Waals surface area contributed by atoms with E-state index >= 15 is 0 Å². The lowest BCUT2D eigenvalue weighted by Gasteiger charge is -2.13. The zero-order valence-corrected chi connectivity index (χ0v) is 22.0. The molecule has 0 saturated carbocycles. The highest BCUT2D eigenvalue weighted by molar-refractivity contribution is 6.08. The minimum atomic E-state index is 0.600. The summed E-state index contributed by atoms with van der Waals surface area (Å²) in [6.45, 7) is 0. The molecule has 4 heteroatoms. The van der Waals surface area contributed by atoms with Crippen LogP contribution in [-0.2, 0) is 0 Å². The lowest BCUT2D eigenvalue weighted by atomic mass is 9.96. The number of furan rings is 1. The van der Waals surface area contributed by atoms with Gasteiger partial charge in [-0.3, -0.25) is 0 Å². The van der Waals surface area contributed by atoms with Crippen LogP contribution in [0.3, 0.4) is 0 Å². The highest BCUT2D eigenvalue weighted by Gasteiger charge is 2.19. The molecule has 0 aliphatic carbocycles. The van der Waals surface area contributed by atoms with Crippen LogP contribution in [0.15, 0.2) is 144 Å². The van der Waals surface area contributed by atoms with E-state index in [0.717, 1.165) is 60.5 Å². The van der Waals surface area contributed by atoms with E-state index in [-0.39, 0.29) is 0 Å². The van der Waals surface area contributed by atoms with Gasteiger partial charge in [0.2, 0.25) is 0 Å². The van der Waals surface area contributed by atoms with Crippen molar-refractivity contribution in [3.05, 3.63) is 140 Å². The van der Waals surface area contributed by atoms with Gasteiger partial charge in [-0.2, -0.15) is 0 Å². The average molecular weight is 526 g/mol. The molecule has 0 atom stereocenters. The van der Waals surface area contributed by atoms with Crippen LogP contribution in [0.5, 0.6) is 0 Å². The fraction of sp³-hybridized carbons (Fsp3) is 0. The van der Waals surface area contributed by atoms with Crippen molar-refractivity contribution in [2.75, 3.05) is 0 Å². The van der Waals surface area contributed by atoms with Gasteiger partial charge in [-0.25, -0.2) is 15.0 Å². The van der Waals surface area contributed by atoms with E-state index in [1.165, 1.54) is 0 Å². The van der Waals surface area contributed by atoms with Crippen molar-refractivity contribution in [3.63, 3.8) is 0 Å². The molecule has 8 rings (SSSR count). The molecule has 2 heterocycles. The summed E-state index contributed by atoms with van der Waals surface area (Å²) in [6, 6.07) is 47.5. The van der Waals surface area contributed by atoms with Crippen LogP contribution in [0.2, 0.25) is 0 Å². The number of para-hydroxylation sites is 1. The van der Waals surface area contributed by atoms with E-state index in [1.54, 1.807) is 0 Å². The predicted octanol–water partition coefficient (Wildman–Crippen LogP) is 9.59. The number of aromatic nitrogens is 3. The molecule has 192 valence electrons. The van der Waals surface area contributed by atoms with Gasteiger partial charge in [-0.15, -0.1) is 0 Å². The molecule has 2 aromatic heterocycles. The van der Waals surface area contributed by atoms with E-state index in [2.05, 4.69) is 84.9 Å². The summed E-state index contributed by atoms with van der Waals surface area (Å²) in [7, 11) is 0. The van der Waals surface area contributed by atoms with Gasteiger partial charge < -0.3 is 4.42 Å². The first-order valence-electron chi connectivity index (χ1n) is 13.6. The molecule has 0 radical (unpaired) electrons. The minimum absolute atomic E-state index is 0.600. The predicted molar refractivity (Wildman–Crippen MR) is 166 cm³/mol. The first-order valence-corrected chi connectivity index (χ1v) is 13.6. The molecule has 41 heavy (non-hydrogen) atoms. The summed E-state index contributed by atoms with van der Waals surface area (Å²) < 4.78 is 6.32. The van der Waals surface area contributed by atoms with E-state index < -0.39 is 0 Å². The number of hydrogen-bond donors (Lipinski definition) is 0. The Labute approximate surface area is 236 Å². The van der Waals surface area contributed by atoms with E-state index in [0.29, 0.717) is 17.5 Å². The largest absolute Gasteiger partial charge is 0.456 e. The first kappa shape index (κ1) is 23.3. The monoisotopic (exact) mass is 525 g/mol. The number of benzene rings is 6. The van der Waals surface area contributed by atoms with Crippen LogP contribution in [0, 0.1) is 0 Å². The van der Waals surface area contributed by atoms with Gasteiger partial charge in [0, 0.05) is 27.5 Å². The highest BCUT2D eigenvalue weighted by Crippen LogP contribution is 2.39. The van der Waals surface area contributed by atoms with Crippen LogP contribution in [-0.4, -0.2) is 15.0 Å². The van der Waals surface area contributed by atoms with Gasteiger partial charge in [0.15, 0.2) is 17.5 Å². The Morgan fingerprint density at radius 2 is 0.976 bits per heavy atom. The van der Waals surface area contributed by atoms with Gasteiger partial charge in [0.1, 0.15) is 11.2 Å². The number of fused-ring (bicyclic) bond motifs is 4. The van der Waals surface area contributed by atoms with Crippen molar-refractivity contribution >= 4 is 32.7 Å². The molecule has 0 saturated heterocycles. The van der Waals surface area contributed by atoms with Crippen molar-refractivity contribution in [1.29, 1.82) is 0 Å². The lowest BCUT2D eigenvalue weighted by molar-refractivity contribution is 0.669. The Bertz CT molecular complexity index is 2200. The maximum Gasteiger partial charge on any atom is 0.164 e. The van der Waals surface area contributed by atoms with Gasteiger partial charge in [0.05, 0.1) is 0 Å². The molecule has 8 aromatic rings. The number of nitrogens with zero attached hydrogens (tertiary/aromatic N) is 3. The zero-order valence-electron chi connectivity index (χ0n) is 22.0. The van der Waals surface area contributed by atoms with Gasteiger partial charge in [-0.05, 0) is 40.1 Å². The number of rotatable bonds is 4. The summed E-state index contributed by atoms with van der Waals surface area (Å²) >= 11 is 0. The Morgan fingerprint density at radius 1 is 0.366 bits per heavy atom. The molecular weight excluding hydrogens is 502 g/mol. The normalized spacial score (nSPS) is 11.4. The van der Waals surface area contributed by atoms with Crippen LogP contribution in [0.25, 0.3) is 78.0 Å². The summed E-state index contributed by atoms with van der Waals surface area (Å²) in [5.41, 5.74) is 6.58. The third kappa shape index (κ3) is 4.05. The summed E-state index contributed by atoms with van der Waals surface area (Å²) in [6.07, 6.45) is 0. The molecule has 0 unspecified atom stereocenters. The summed E-state index contributed by atoms with van der Waals surface area (Å²) in [5, 5.41) is 4.39. The fourth-order valence-electron chi connectivity index (χ4n) is 5.57. The van der Waals surface area contributed by atoms with Crippen molar-refractivity contribution < 1.29 is 4.42 Å². The Kier molecular flexibility index (Phi) is 5.42. The summed E-state index contributed by atoms with van der Waals surface area (Å²) in [5.74, 6) is 1.86. The second-order valence-corrected chi connectivity index (χ2v) is 10.1. The van der Waals surface area contributed by atoms with Crippen LogP contribution < -0.4 is 0 Å². The Morgan fingerprint density at radius 3 is 1.78 bits per heavy atom. The standard InChI is InChI=1S/C37H23N3O/c1-3-12-25(13-4-1)30-22-31-28-19-9-10-21-33(28)41-34(31)23-32(30)37-39-35(26-15-5-2-6-16-26)38-36(40-37)29-20-11-17-24-14-7-8-18-27(24)29/h1-23H. The molecule has 0 aliphatic rings. The molecule has 0 aliphatic heterocycles. The van der Waals surface area contributed by atoms with E-state index in [1.807, 2.05) is 54.6 Å². The van der Waals surface area contributed by atoms with Crippen molar-refractivity contribution in [3.8, 4) is 45.3 Å². The second kappa shape index (κ2) is 9.54. The molecule has 4 nitrogen and oxygen atoms in total. The molecule has 0 bridgehead atoms. The second-order valence-electron chi connectivity index (χ2n) is 10.1. The van der Waals surface area contributed by atoms with Crippen LogP contribution in [0.4, 0.5) is 0 Å².